The van der Waals surface area contributed by atoms with Crippen LogP contribution in [-0.4, -0.2) is 18.5 Å². The van der Waals surface area contributed by atoms with Crippen LogP contribution in [0, 0.1) is 12.8 Å². The number of nitrogens with two attached hydrogens (primary N) is 1. The average Bonchev–Trinajstić information content (AvgIpc) is 2.27. The molecule has 1 rings (SSSR count). The van der Waals surface area contributed by atoms with Gasteiger partial charge in [0.1, 0.15) is 0 Å². The number of hydrogen-bond donors (Lipinski definition) is 2. The van der Waals surface area contributed by atoms with E-state index in [4.69, 9.17) is 5.73 Å². The molecule has 0 heterocycles. The molecule has 0 fully saturated rings. The summed E-state index contributed by atoms with van der Waals surface area (Å²) < 4.78 is 0. The molecule has 1 aromatic carbocycles. The van der Waals surface area contributed by atoms with Gasteiger partial charge in [0.25, 0.3) is 5.91 Å². The fourth-order valence-corrected chi connectivity index (χ4v) is 1.84. The van der Waals surface area contributed by atoms with Crippen molar-refractivity contribution in [2.75, 3.05) is 6.54 Å². The van der Waals surface area contributed by atoms with Gasteiger partial charge in [-0.15, -0.1) is 12.4 Å². The van der Waals surface area contributed by atoms with Gasteiger partial charge in [-0.1, -0.05) is 31.5 Å². The van der Waals surface area contributed by atoms with Gasteiger partial charge < -0.3 is 11.1 Å². The molecule has 0 spiro atoms. The van der Waals surface area contributed by atoms with E-state index in [2.05, 4.69) is 19.2 Å². The number of benzene rings is 1. The van der Waals surface area contributed by atoms with Crippen molar-refractivity contribution in [1.29, 1.82) is 0 Å². The molecule has 1 amide bonds. The summed E-state index contributed by atoms with van der Waals surface area (Å²) in [5, 5.41) is 2.98. The molecule has 18 heavy (non-hydrogen) atoms. The van der Waals surface area contributed by atoms with E-state index >= 15 is 0 Å². The van der Waals surface area contributed by atoms with Crippen molar-refractivity contribution in [3.63, 3.8) is 0 Å². The van der Waals surface area contributed by atoms with Crippen molar-refractivity contribution >= 4 is 18.3 Å². The summed E-state index contributed by atoms with van der Waals surface area (Å²) in [5.74, 6) is 0.492. The highest BCUT2D eigenvalue weighted by Crippen LogP contribution is 2.07. The minimum atomic E-state index is -0.0372. The Balaban J connectivity index is 0.00000289. The highest BCUT2D eigenvalue weighted by molar-refractivity contribution is 5.94. The molecule has 0 saturated heterocycles. The van der Waals surface area contributed by atoms with Gasteiger partial charge in [-0.25, -0.2) is 0 Å². The molecule has 3 N–H and O–H groups in total. The second kappa shape index (κ2) is 8.11. The molecule has 1 atom stereocenters. The molecular formula is C14H23ClN2O. The lowest BCUT2D eigenvalue weighted by Crippen LogP contribution is -2.41. The third-order valence-electron chi connectivity index (χ3n) is 2.66. The van der Waals surface area contributed by atoms with E-state index in [1.807, 2.05) is 31.2 Å². The molecule has 0 bridgehead atoms. The lowest BCUT2D eigenvalue weighted by Gasteiger charge is -2.18. The first-order valence-corrected chi connectivity index (χ1v) is 6.10. The number of aryl methyl sites for hydroxylation is 1. The Morgan fingerprint density at radius 2 is 2.06 bits per heavy atom. The van der Waals surface area contributed by atoms with Crippen molar-refractivity contribution < 1.29 is 4.79 Å². The largest absolute Gasteiger partial charge is 0.348 e. The average molecular weight is 271 g/mol. The van der Waals surface area contributed by atoms with Crippen molar-refractivity contribution in [3.8, 4) is 0 Å². The van der Waals surface area contributed by atoms with E-state index in [9.17, 15) is 4.79 Å². The zero-order chi connectivity index (χ0) is 12.8. The Morgan fingerprint density at radius 1 is 1.39 bits per heavy atom. The lowest BCUT2D eigenvalue weighted by molar-refractivity contribution is 0.0933. The highest BCUT2D eigenvalue weighted by atomic mass is 35.5. The van der Waals surface area contributed by atoms with Crippen LogP contribution in [0.1, 0.15) is 36.2 Å². The van der Waals surface area contributed by atoms with Gasteiger partial charge in [0.05, 0.1) is 0 Å². The van der Waals surface area contributed by atoms with Crippen LogP contribution in [-0.2, 0) is 0 Å². The molecule has 1 unspecified atom stereocenters. The van der Waals surface area contributed by atoms with Crippen LogP contribution < -0.4 is 11.1 Å². The molecule has 0 aliphatic heterocycles. The quantitative estimate of drug-likeness (QED) is 0.864. The number of hydrogen-bond acceptors (Lipinski definition) is 2. The molecule has 102 valence electrons. The zero-order valence-electron chi connectivity index (χ0n) is 11.3. The molecule has 3 nitrogen and oxygen atoms in total. The first kappa shape index (κ1) is 16.9. The van der Waals surface area contributed by atoms with Crippen LogP contribution in [0.5, 0.6) is 0 Å². The van der Waals surface area contributed by atoms with E-state index in [0.29, 0.717) is 18.0 Å². The fraction of sp³-hybridized carbons (Fsp3) is 0.500. The summed E-state index contributed by atoms with van der Waals surface area (Å²) in [6, 6.07) is 7.64. The number of carbonyl (C=O) groups excluding carboxylic acids is 1. The minimum Gasteiger partial charge on any atom is -0.348 e. The van der Waals surface area contributed by atoms with Crippen LogP contribution >= 0.6 is 12.4 Å². The minimum absolute atomic E-state index is 0. The third-order valence-corrected chi connectivity index (χ3v) is 2.66. The monoisotopic (exact) mass is 270 g/mol. The maximum Gasteiger partial charge on any atom is 0.251 e. The number of carbonyl (C=O) groups is 1. The summed E-state index contributed by atoms with van der Waals surface area (Å²) in [7, 11) is 0. The van der Waals surface area contributed by atoms with Gasteiger partial charge in [-0.2, -0.15) is 0 Å². The molecule has 0 aliphatic rings. The number of halogens is 1. The van der Waals surface area contributed by atoms with Crippen LogP contribution in [0.2, 0.25) is 0 Å². The first-order chi connectivity index (χ1) is 8.02. The predicted octanol–water partition coefficient (Wildman–Crippen LogP) is 2.52. The predicted molar refractivity (Wildman–Crippen MR) is 78.2 cm³/mol. The van der Waals surface area contributed by atoms with E-state index in [1.54, 1.807) is 0 Å². The molecular weight excluding hydrogens is 248 g/mol. The molecule has 0 aliphatic carbocycles. The van der Waals surface area contributed by atoms with Crippen molar-refractivity contribution in [2.45, 2.75) is 33.2 Å². The maximum atomic E-state index is 12.0. The van der Waals surface area contributed by atoms with Gasteiger partial charge in [0, 0.05) is 18.2 Å². The standard InChI is InChI=1S/C14H22N2O.ClH/c1-10(2)7-13(9-15)16-14(17)12-6-4-5-11(3)8-12;/h4-6,8,10,13H,7,9,15H2,1-3H3,(H,16,17);1H. The van der Waals surface area contributed by atoms with Crippen molar-refractivity contribution in [2.24, 2.45) is 11.7 Å². The fourth-order valence-electron chi connectivity index (χ4n) is 1.84. The topological polar surface area (TPSA) is 55.1 Å². The van der Waals surface area contributed by atoms with E-state index < -0.39 is 0 Å². The second-order valence-electron chi connectivity index (χ2n) is 4.91. The Morgan fingerprint density at radius 3 is 2.56 bits per heavy atom. The van der Waals surface area contributed by atoms with Crippen LogP contribution in [0.3, 0.4) is 0 Å². The zero-order valence-corrected chi connectivity index (χ0v) is 12.1. The van der Waals surface area contributed by atoms with Gasteiger partial charge in [-0.3, -0.25) is 4.79 Å². The Kier molecular flexibility index (Phi) is 7.64. The normalized spacial score (nSPS) is 11.8. The summed E-state index contributed by atoms with van der Waals surface area (Å²) in [4.78, 5) is 12.0. The van der Waals surface area contributed by atoms with E-state index in [1.165, 1.54) is 0 Å². The number of nitrogens with one attached hydrogen (secondary N) is 1. The number of amides is 1. The Labute approximate surface area is 116 Å². The summed E-state index contributed by atoms with van der Waals surface area (Å²) in [5.41, 5.74) is 7.45. The maximum absolute atomic E-state index is 12.0. The summed E-state index contributed by atoms with van der Waals surface area (Å²) in [6.45, 7) is 6.71. The van der Waals surface area contributed by atoms with E-state index in [0.717, 1.165) is 12.0 Å². The van der Waals surface area contributed by atoms with E-state index in [-0.39, 0.29) is 24.4 Å². The van der Waals surface area contributed by atoms with Gasteiger partial charge in [0.15, 0.2) is 0 Å². The van der Waals surface area contributed by atoms with Crippen molar-refractivity contribution in [3.05, 3.63) is 35.4 Å². The van der Waals surface area contributed by atoms with Crippen molar-refractivity contribution in [1.82, 2.24) is 5.32 Å². The van der Waals surface area contributed by atoms with Gasteiger partial charge in [-0.05, 0) is 31.4 Å². The second-order valence-corrected chi connectivity index (χ2v) is 4.91. The molecule has 1 aromatic rings. The van der Waals surface area contributed by atoms with Crippen LogP contribution in [0.25, 0.3) is 0 Å². The third kappa shape index (κ3) is 5.52. The SMILES string of the molecule is Cc1cccc(C(=O)NC(CN)CC(C)C)c1.Cl. The Hall–Kier alpha value is -1.06. The van der Waals surface area contributed by atoms with Gasteiger partial charge in [0.2, 0.25) is 0 Å². The summed E-state index contributed by atoms with van der Waals surface area (Å²) >= 11 is 0. The van der Waals surface area contributed by atoms with Crippen LogP contribution in [0.4, 0.5) is 0 Å². The molecule has 0 saturated carbocycles. The number of rotatable bonds is 5. The molecule has 4 heteroatoms. The molecule has 0 radical (unpaired) electrons. The smallest absolute Gasteiger partial charge is 0.251 e. The lowest BCUT2D eigenvalue weighted by atomic mass is 10.0. The Bertz CT molecular complexity index is 380. The van der Waals surface area contributed by atoms with Crippen LogP contribution in [0.15, 0.2) is 24.3 Å². The highest BCUT2D eigenvalue weighted by Gasteiger charge is 2.13. The first-order valence-electron chi connectivity index (χ1n) is 6.10. The summed E-state index contributed by atoms with van der Waals surface area (Å²) in [6.07, 6.45) is 0.911. The van der Waals surface area contributed by atoms with Gasteiger partial charge >= 0.3 is 0 Å². The molecule has 0 aromatic heterocycles.